The molecule has 6 heteroatoms. The van der Waals surface area contributed by atoms with Gasteiger partial charge in [-0.1, -0.05) is 13.0 Å². The van der Waals surface area contributed by atoms with Gasteiger partial charge < -0.3 is 11.1 Å². The molecule has 4 nitrogen and oxygen atoms in total. The number of nitrogens with zero attached hydrogens (tertiary/aromatic N) is 2. The number of piperidine rings is 1. The number of hydrogen-bond acceptors (Lipinski definition) is 6. The molecule has 2 aromatic rings. The minimum absolute atomic E-state index is 0.484. The molecule has 1 saturated heterocycles. The van der Waals surface area contributed by atoms with E-state index in [2.05, 4.69) is 39.6 Å². The first-order chi connectivity index (χ1) is 10.7. The maximum Gasteiger partial charge on any atom is 0.180 e. The summed E-state index contributed by atoms with van der Waals surface area (Å²) in [5.74, 6) is 0.869. The minimum Gasteiger partial charge on any atom is -0.375 e. The molecule has 3 rings (SSSR count). The fourth-order valence-corrected chi connectivity index (χ4v) is 4.48. The highest BCUT2D eigenvalue weighted by molar-refractivity contribution is 7.15. The van der Waals surface area contributed by atoms with Crippen LogP contribution in [-0.2, 0) is 6.54 Å². The van der Waals surface area contributed by atoms with E-state index >= 15 is 0 Å². The Morgan fingerprint density at radius 2 is 2.27 bits per heavy atom. The molecule has 1 aliphatic rings. The molecule has 120 valence electrons. The Hall–Kier alpha value is -0.950. The minimum atomic E-state index is 0.484. The monoisotopic (exact) mass is 336 g/mol. The Labute approximate surface area is 140 Å². The van der Waals surface area contributed by atoms with E-state index in [1.54, 1.807) is 11.3 Å². The zero-order valence-corrected chi connectivity index (χ0v) is 14.6. The van der Waals surface area contributed by atoms with Crippen molar-refractivity contribution < 1.29 is 0 Å². The van der Waals surface area contributed by atoms with E-state index in [4.69, 9.17) is 5.73 Å². The average Bonchev–Trinajstić information content (AvgIpc) is 3.17. The summed E-state index contributed by atoms with van der Waals surface area (Å²) in [6.07, 6.45) is 4.50. The van der Waals surface area contributed by atoms with Crippen LogP contribution in [-0.4, -0.2) is 29.5 Å². The number of thiophene rings is 1. The van der Waals surface area contributed by atoms with E-state index in [1.807, 2.05) is 17.5 Å². The van der Waals surface area contributed by atoms with Gasteiger partial charge in [-0.05, 0) is 43.3 Å². The normalized spacial score (nSPS) is 18.6. The predicted octanol–water partition coefficient (Wildman–Crippen LogP) is 3.35. The molecule has 0 saturated carbocycles. The highest BCUT2D eigenvalue weighted by atomic mass is 32.1. The summed E-state index contributed by atoms with van der Waals surface area (Å²) in [5.41, 5.74) is 5.69. The van der Waals surface area contributed by atoms with Gasteiger partial charge in [-0.2, -0.15) is 0 Å². The van der Waals surface area contributed by atoms with Crippen molar-refractivity contribution in [3.05, 3.63) is 33.5 Å². The second-order valence-electron chi connectivity index (χ2n) is 6.05. The topological polar surface area (TPSA) is 54.2 Å². The number of nitrogens with one attached hydrogen (secondary N) is 1. The van der Waals surface area contributed by atoms with Gasteiger partial charge in [0.2, 0.25) is 0 Å². The van der Waals surface area contributed by atoms with Crippen LogP contribution < -0.4 is 11.1 Å². The first kappa shape index (κ1) is 15.9. The smallest absolute Gasteiger partial charge is 0.180 e. The van der Waals surface area contributed by atoms with E-state index < -0.39 is 0 Å². The van der Waals surface area contributed by atoms with E-state index in [0.29, 0.717) is 11.2 Å². The van der Waals surface area contributed by atoms with E-state index in [0.717, 1.165) is 19.0 Å². The predicted molar refractivity (Wildman–Crippen MR) is 95.3 cm³/mol. The van der Waals surface area contributed by atoms with Crippen molar-refractivity contribution in [2.24, 2.45) is 5.92 Å². The van der Waals surface area contributed by atoms with Gasteiger partial charge in [-0.3, -0.25) is 4.90 Å². The standard InChI is InChI=1S/C16H24N4S2/c1-12-4-6-20(7-5-12)14(15-3-2-8-21-15)11-18-9-13-10-19-16(17)22-13/h2-3,8,10,12,14,18H,4-7,9,11H2,1H3,(H2,17,19). The number of aromatic nitrogens is 1. The van der Waals surface area contributed by atoms with Gasteiger partial charge in [0.1, 0.15) is 0 Å². The number of anilines is 1. The van der Waals surface area contributed by atoms with Gasteiger partial charge in [0.05, 0.1) is 6.04 Å². The van der Waals surface area contributed by atoms with E-state index in [9.17, 15) is 0 Å². The number of thiazole rings is 1. The lowest BCUT2D eigenvalue weighted by molar-refractivity contribution is 0.137. The number of likely N-dealkylation sites (tertiary alicyclic amines) is 1. The van der Waals surface area contributed by atoms with Crippen molar-refractivity contribution in [3.63, 3.8) is 0 Å². The third kappa shape index (κ3) is 4.07. The largest absolute Gasteiger partial charge is 0.375 e. The third-order valence-corrected chi connectivity index (χ3v) is 6.14. The summed E-state index contributed by atoms with van der Waals surface area (Å²) in [6.45, 7) is 6.61. The molecule has 1 unspecified atom stereocenters. The molecule has 1 aliphatic heterocycles. The van der Waals surface area contributed by atoms with Gasteiger partial charge in [0, 0.05) is 29.0 Å². The molecule has 0 aliphatic carbocycles. The Morgan fingerprint density at radius 1 is 1.45 bits per heavy atom. The maximum atomic E-state index is 5.69. The van der Waals surface area contributed by atoms with Crippen LogP contribution in [0.4, 0.5) is 5.13 Å². The first-order valence-corrected chi connectivity index (χ1v) is 9.60. The Kier molecular flexibility index (Phi) is 5.46. The van der Waals surface area contributed by atoms with Crippen molar-refractivity contribution in [3.8, 4) is 0 Å². The molecule has 0 bridgehead atoms. The molecule has 3 N–H and O–H groups in total. The third-order valence-electron chi connectivity index (χ3n) is 4.34. The summed E-state index contributed by atoms with van der Waals surface area (Å²) < 4.78 is 0. The van der Waals surface area contributed by atoms with Gasteiger partial charge >= 0.3 is 0 Å². The molecule has 0 spiro atoms. The zero-order valence-electron chi connectivity index (χ0n) is 13.0. The van der Waals surface area contributed by atoms with E-state index in [1.165, 1.54) is 35.7 Å². The van der Waals surface area contributed by atoms with Crippen molar-refractivity contribution in [1.29, 1.82) is 0 Å². The lowest BCUT2D eigenvalue weighted by Gasteiger charge is -2.36. The maximum absolute atomic E-state index is 5.69. The molecule has 22 heavy (non-hydrogen) atoms. The molecule has 0 radical (unpaired) electrons. The van der Waals surface area contributed by atoms with Gasteiger partial charge in [-0.25, -0.2) is 4.98 Å². The quantitative estimate of drug-likeness (QED) is 0.849. The van der Waals surface area contributed by atoms with Crippen LogP contribution in [0.5, 0.6) is 0 Å². The van der Waals surface area contributed by atoms with Crippen LogP contribution in [0.1, 0.15) is 35.6 Å². The highest BCUT2D eigenvalue weighted by Gasteiger charge is 2.25. The van der Waals surface area contributed by atoms with Crippen LogP contribution in [0.15, 0.2) is 23.7 Å². The number of nitrogens with two attached hydrogens (primary N) is 1. The number of hydrogen-bond donors (Lipinski definition) is 2. The molecule has 1 fully saturated rings. The lowest BCUT2D eigenvalue weighted by atomic mass is 9.97. The SMILES string of the molecule is CC1CCN(C(CNCc2cnc(N)s2)c2cccs2)CC1. The Balaban J connectivity index is 1.59. The number of nitrogen functional groups attached to an aromatic ring is 1. The highest BCUT2D eigenvalue weighted by Crippen LogP contribution is 2.29. The van der Waals surface area contributed by atoms with Crippen LogP contribution in [0.2, 0.25) is 0 Å². The summed E-state index contributed by atoms with van der Waals surface area (Å²) in [5, 5.41) is 6.42. The van der Waals surface area contributed by atoms with Crippen LogP contribution in [0.3, 0.4) is 0 Å². The fourth-order valence-electron chi connectivity index (χ4n) is 2.97. The summed E-state index contributed by atoms with van der Waals surface area (Å²) in [7, 11) is 0. The van der Waals surface area contributed by atoms with Crippen LogP contribution >= 0.6 is 22.7 Å². The average molecular weight is 337 g/mol. The molecular formula is C16H24N4S2. The van der Waals surface area contributed by atoms with Crippen molar-refractivity contribution in [1.82, 2.24) is 15.2 Å². The Bertz CT molecular complexity index is 558. The molecule has 3 heterocycles. The molecule has 0 aromatic carbocycles. The van der Waals surface area contributed by atoms with E-state index in [-0.39, 0.29) is 0 Å². The van der Waals surface area contributed by atoms with Crippen LogP contribution in [0.25, 0.3) is 0 Å². The van der Waals surface area contributed by atoms with Crippen LogP contribution in [0, 0.1) is 5.92 Å². The number of rotatable bonds is 6. The summed E-state index contributed by atoms with van der Waals surface area (Å²) >= 11 is 3.43. The second-order valence-corrected chi connectivity index (χ2v) is 8.17. The summed E-state index contributed by atoms with van der Waals surface area (Å²) in [6, 6.07) is 4.90. The first-order valence-electron chi connectivity index (χ1n) is 7.90. The fraction of sp³-hybridized carbons (Fsp3) is 0.562. The van der Waals surface area contributed by atoms with Crippen molar-refractivity contribution in [2.75, 3.05) is 25.4 Å². The van der Waals surface area contributed by atoms with Gasteiger partial charge in [-0.15, -0.1) is 22.7 Å². The summed E-state index contributed by atoms with van der Waals surface area (Å²) in [4.78, 5) is 9.42. The zero-order chi connectivity index (χ0) is 15.4. The molecule has 0 amide bonds. The van der Waals surface area contributed by atoms with Gasteiger partial charge in [0.15, 0.2) is 5.13 Å². The molecule has 1 atom stereocenters. The second kappa shape index (κ2) is 7.55. The molecular weight excluding hydrogens is 312 g/mol. The van der Waals surface area contributed by atoms with Crippen molar-refractivity contribution in [2.45, 2.75) is 32.4 Å². The van der Waals surface area contributed by atoms with Gasteiger partial charge in [0.25, 0.3) is 0 Å². The Morgan fingerprint density at radius 3 is 2.91 bits per heavy atom. The molecule has 2 aromatic heterocycles. The lowest BCUT2D eigenvalue weighted by Crippen LogP contribution is -2.40. The van der Waals surface area contributed by atoms with Crippen molar-refractivity contribution >= 4 is 27.8 Å².